The van der Waals surface area contributed by atoms with Gasteiger partial charge in [0.05, 0.1) is 23.0 Å². The van der Waals surface area contributed by atoms with E-state index in [0.29, 0.717) is 24.3 Å². The number of aliphatic hydroxyl groups is 1. The smallest absolute Gasteiger partial charge is 0.277 e. The zero-order chi connectivity index (χ0) is 22.9. The number of aromatic nitrogens is 4. The normalized spacial score (nSPS) is 16.0. The van der Waals surface area contributed by atoms with E-state index >= 15 is 0 Å². The Bertz CT molecular complexity index is 1300. The summed E-state index contributed by atoms with van der Waals surface area (Å²) in [5.74, 6) is 0.572. The van der Waals surface area contributed by atoms with E-state index < -0.39 is 6.23 Å². The van der Waals surface area contributed by atoms with E-state index in [1.165, 1.54) is 22.9 Å². The third kappa shape index (κ3) is 4.37. The molecule has 1 fully saturated rings. The highest BCUT2D eigenvalue weighted by molar-refractivity contribution is 7.00. The molecule has 0 aliphatic carbocycles. The molecule has 3 N–H and O–H groups in total. The van der Waals surface area contributed by atoms with Crippen LogP contribution in [0.15, 0.2) is 41.1 Å². The standard InChI is InChI=1S/C22H23N7O3S/c1-12(2)24-16-9-19(25-13-5-6-15-17(8-13)28-33-27-15)23-10-14(16)21-26-18(11-32-21)22(31)29-7-3-4-20(29)30/h5-6,8-12,20,30H,3-4,7H2,1-2H3,(H2,23,24,25)/t20-/m1/s1. The molecular formula is C22H23N7O3S. The molecule has 5 rings (SSSR count). The van der Waals surface area contributed by atoms with Crippen LogP contribution >= 0.6 is 11.7 Å². The molecule has 0 bridgehead atoms. The number of oxazole rings is 1. The first-order valence-corrected chi connectivity index (χ1v) is 11.4. The number of likely N-dealkylation sites (tertiary alicyclic amines) is 1. The van der Waals surface area contributed by atoms with Crippen LogP contribution < -0.4 is 10.6 Å². The first-order chi connectivity index (χ1) is 16.0. The number of carbonyl (C=O) groups excluding carboxylic acids is 1. The highest BCUT2D eigenvalue weighted by Crippen LogP contribution is 2.31. The molecular weight excluding hydrogens is 442 g/mol. The fourth-order valence-corrected chi connectivity index (χ4v) is 4.28. The van der Waals surface area contributed by atoms with Crippen molar-refractivity contribution in [3.05, 3.63) is 42.4 Å². The van der Waals surface area contributed by atoms with Gasteiger partial charge in [-0.2, -0.15) is 8.75 Å². The Kier molecular flexibility index (Phi) is 5.65. The molecule has 0 spiro atoms. The second kappa shape index (κ2) is 8.75. The fraction of sp³-hybridized carbons (Fsp3) is 0.318. The van der Waals surface area contributed by atoms with Gasteiger partial charge in [-0.3, -0.25) is 4.79 Å². The van der Waals surface area contributed by atoms with Crippen LogP contribution in [0.25, 0.3) is 22.5 Å². The van der Waals surface area contributed by atoms with Gasteiger partial charge in [0, 0.05) is 30.5 Å². The van der Waals surface area contributed by atoms with Crippen molar-refractivity contribution >= 4 is 45.9 Å². The predicted molar refractivity (Wildman–Crippen MR) is 125 cm³/mol. The molecule has 1 aliphatic heterocycles. The van der Waals surface area contributed by atoms with Gasteiger partial charge >= 0.3 is 0 Å². The molecule has 0 unspecified atom stereocenters. The van der Waals surface area contributed by atoms with Crippen molar-refractivity contribution in [3.8, 4) is 11.5 Å². The Morgan fingerprint density at radius 3 is 2.91 bits per heavy atom. The molecule has 1 saturated heterocycles. The first kappa shape index (κ1) is 21.3. The Balaban J connectivity index is 1.42. The number of rotatable bonds is 6. The number of aliphatic hydroxyl groups excluding tert-OH is 1. The second-order valence-corrected chi connectivity index (χ2v) is 8.69. The molecule has 4 aromatic rings. The van der Waals surface area contributed by atoms with Crippen LogP contribution in [-0.4, -0.2) is 53.4 Å². The maximum Gasteiger partial charge on any atom is 0.277 e. The van der Waals surface area contributed by atoms with Crippen molar-refractivity contribution in [2.24, 2.45) is 0 Å². The van der Waals surface area contributed by atoms with Crippen molar-refractivity contribution in [3.63, 3.8) is 0 Å². The van der Waals surface area contributed by atoms with E-state index in [0.717, 1.165) is 28.8 Å². The Labute approximate surface area is 194 Å². The highest BCUT2D eigenvalue weighted by Gasteiger charge is 2.30. The van der Waals surface area contributed by atoms with E-state index in [1.54, 1.807) is 6.20 Å². The predicted octanol–water partition coefficient (Wildman–Crippen LogP) is 3.86. The lowest BCUT2D eigenvalue weighted by Crippen LogP contribution is -2.35. The molecule has 1 amide bonds. The SMILES string of the molecule is CC(C)Nc1cc(Nc2ccc3nsnc3c2)ncc1-c1nc(C(=O)N2CCC[C@H]2O)co1. The number of nitrogens with one attached hydrogen (secondary N) is 2. The topological polar surface area (TPSA) is 129 Å². The van der Waals surface area contributed by atoms with E-state index in [2.05, 4.69) is 29.3 Å². The van der Waals surface area contributed by atoms with E-state index in [-0.39, 0.29) is 23.5 Å². The summed E-state index contributed by atoms with van der Waals surface area (Å²) in [7, 11) is 0. The molecule has 1 aliphatic rings. The van der Waals surface area contributed by atoms with Gasteiger partial charge in [-0.1, -0.05) is 0 Å². The third-order valence-corrected chi connectivity index (χ3v) is 5.87. The van der Waals surface area contributed by atoms with Gasteiger partial charge in [-0.05, 0) is 44.9 Å². The highest BCUT2D eigenvalue weighted by atomic mass is 32.1. The van der Waals surface area contributed by atoms with Gasteiger partial charge in [0.1, 0.15) is 29.3 Å². The minimum atomic E-state index is -0.776. The van der Waals surface area contributed by atoms with E-state index in [4.69, 9.17) is 4.42 Å². The van der Waals surface area contributed by atoms with Crippen LogP contribution in [0.2, 0.25) is 0 Å². The number of hydrogen-bond donors (Lipinski definition) is 3. The molecule has 3 aromatic heterocycles. The maximum atomic E-state index is 12.7. The third-order valence-electron chi connectivity index (χ3n) is 5.31. The minimum absolute atomic E-state index is 0.146. The van der Waals surface area contributed by atoms with Crippen molar-refractivity contribution in [1.29, 1.82) is 0 Å². The number of benzene rings is 1. The molecule has 4 heterocycles. The summed E-state index contributed by atoms with van der Waals surface area (Å²) in [5, 5.41) is 16.7. The first-order valence-electron chi connectivity index (χ1n) is 10.7. The molecule has 1 aromatic carbocycles. The summed E-state index contributed by atoms with van der Waals surface area (Å²) < 4.78 is 14.1. The summed E-state index contributed by atoms with van der Waals surface area (Å²) in [6.45, 7) is 4.56. The van der Waals surface area contributed by atoms with Crippen molar-refractivity contribution in [2.45, 2.75) is 39.0 Å². The summed E-state index contributed by atoms with van der Waals surface area (Å²) in [5.41, 5.74) is 4.08. The number of pyridine rings is 1. The lowest BCUT2D eigenvalue weighted by atomic mass is 10.2. The van der Waals surface area contributed by atoms with Gasteiger partial charge < -0.3 is 25.1 Å². The van der Waals surface area contributed by atoms with Crippen molar-refractivity contribution in [2.75, 3.05) is 17.2 Å². The number of anilines is 3. The van der Waals surface area contributed by atoms with Crippen LogP contribution in [0.1, 0.15) is 37.2 Å². The van der Waals surface area contributed by atoms with Crippen LogP contribution in [0.3, 0.4) is 0 Å². The summed E-state index contributed by atoms with van der Waals surface area (Å²) in [4.78, 5) is 23.0. The van der Waals surface area contributed by atoms with E-state index in [9.17, 15) is 9.90 Å². The molecule has 33 heavy (non-hydrogen) atoms. The van der Waals surface area contributed by atoms with E-state index in [1.807, 2.05) is 38.1 Å². The van der Waals surface area contributed by atoms with Crippen molar-refractivity contribution in [1.82, 2.24) is 23.6 Å². The zero-order valence-corrected chi connectivity index (χ0v) is 19.0. The van der Waals surface area contributed by atoms with Gasteiger partial charge in [-0.25, -0.2) is 9.97 Å². The number of fused-ring (bicyclic) bond motifs is 1. The zero-order valence-electron chi connectivity index (χ0n) is 18.1. The Hall–Kier alpha value is -3.57. The largest absolute Gasteiger partial charge is 0.443 e. The van der Waals surface area contributed by atoms with Crippen molar-refractivity contribution < 1.29 is 14.3 Å². The number of hydrogen-bond acceptors (Lipinski definition) is 10. The maximum absolute atomic E-state index is 12.7. The molecule has 1 atom stereocenters. The molecule has 0 saturated carbocycles. The summed E-state index contributed by atoms with van der Waals surface area (Å²) >= 11 is 1.18. The monoisotopic (exact) mass is 465 g/mol. The average molecular weight is 466 g/mol. The lowest BCUT2D eigenvalue weighted by Gasteiger charge is -2.18. The van der Waals surface area contributed by atoms with Crippen LogP contribution in [0.4, 0.5) is 17.2 Å². The average Bonchev–Trinajstić information content (AvgIpc) is 3.53. The fourth-order valence-electron chi connectivity index (χ4n) is 3.76. The van der Waals surface area contributed by atoms with Gasteiger partial charge in [-0.15, -0.1) is 0 Å². The van der Waals surface area contributed by atoms with Gasteiger partial charge in [0.25, 0.3) is 5.91 Å². The molecule has 170 valence electrons. The molecule has 0 radical (unpaired) electrons. The molecule has 10 nitrogen and oxygen atoms in total. The van der Waals surface area contributed by atoms with Crippen LogP contribution in [0, 0.1) is 0 Å². The van der Waals surface area contributed by atoms with Crippen LogP contribution in [-0.2, 0) is 0 Å². The second-order valence-electron chi connectivity index (χ2n) is 8.17. The summed E-state index contributed by atoms with van der Waals surface area (Å²) in [6, 6.07) is 7.77. The number of carbonyl (C=O) groups is 1. The molecule has 11 heteroatoms. The summed E-state index contributed by atoms with van der Waals surface area (Å²) in [6.07, 6.45) is 3.54. The Morgan fingerprint density at radius 2 is 2.12 bits per heavy atom. The quantitative estimate of drug-likeness (QED) is 0.389. The Morgan fingerprint density at radius 1 is 1.27 bits per heavy atom. The minimum Gasteiger partial charge on any atom is -0.443 e. The number of amides is 1. The van der Waals surface area contributed by atoms with Crippen LogP contribution in [0.5, 0.6) is 0 Å². The van der Waals surface area contributed by atoms with Gasteiger partial charge in [0.2, 0.25) is 5.89 Å². The number of nitrogens with zero attached hydrogens (tertiary/aromatic N) is 5. The lowest BCUT2D eigenvalue weighted by molar-refractivity contribution is 0.0288. The van der Waals surface area contributed by atoms with Gasteiger partial charge in [0.15, 0.2) is 5.69 Å².